The minimum Gasteiger partial charge on any atom is -0.493 e. The molecule has 0 saturated carbocycles. The van der Waals surface area contributed by atoms with Gasteiger partial charge in [-0.15, -0.1) is 0 Å². The Kier molecular flexibility index (Phi) is 9.58. The molecule has 1 aliphatic heterocycles. The SMILES string of the molecule is COc1cc(-c2nc(CN3CCCN(Cc4coc(-c5cc(OC)c(OC)c(OC)c5)n4)CC3)co2)cc(OC)c1OC. The average Bonchev–Trinajstić information content (AvgIpc) is 3.65. The highest BCUT2D eigenvalue weighted by molar-refractivity contribution is 5.67. The van der Waals surface area contributed by atoms with E-state index >= 15 is 0 Å². The second kappa shape index (κ2) is 13.7. The highest BCUT2D eigenvalue weighted by atomic mass is 16.5. The van der Waals surface area contributed by atoms with Gasteiger partial charge in [0.05, 0.1) is 54.0 Å². The third-order valence-electron chi connectivity index (χ3n) is 7.38. The van der Waals surface area contributed by atoms with Gasteiger partial charge in [0.25, 0.3) is 0 Å². The van der Waals surface area contributed by atoms with Gasteiger partial charge in [-0.05, 0) is 43.8 Å². The Bertz CT molecular complexity index is 1360. The van der Waals surface area contributed by atoms with Gasteiger partial charge in [0.1, 0.15) is 12.5 Å². The number of aromatic nitrogens is 2. The topological polar surface area (TPSA) is 114 Å². The maximum atomic E-state index is 5.84. The summed E-state index contributed by atoms with van der Waals surface area (Å²) < 4.78 is 44.4. The van der Waals surface area contributed by atoms with Crippen LogP contribution >= 0.6 is 0 Å². The molecule has 5 rings (SSSR count). The van der Waals surface area contributed by atoms with Gasteiger partial charge >= 0.3 is 0 Å². The van der Waals surface area contributed by atoms with E-state index in [0.717, 1.165) is 55.1 Å². The number of ether oxygens (including phenoxy) is 6. The van der Waals surface area contributed by atoms with Gasteiger partial charge in [-0.2, -0.15) is 0 Å². The van der Waals surface area contributed by atoms with E-state index in [1.807, 2.05) is 24.3 Å². The van der Waals surface area contributed by atoms with E-state index in [9.17, 15) is 0 Å². The Morgan fingerprint density at radius 1 is 0.558 bits per heavy atom. The predicted octanol–water partition coefficient (Wildman–Crippen LogP) is 4.76. The van der Waals surface area contributed by atoms with Crippen LogP contribution in [0.15, 0.2) is 45.6 Å². The Morgan fingerprint density at radius 2 is 0.930 bits per heavy atom. The molecule has 1 aliphatic rings. The van der Waals surface area contributed by atoms with Crippen LogP contribution in [-0.2, 0) is 13.1 Å². The van der Waals surface area contributed by atoms with E-state index in [0.29, 0.717) is 59.4 Å². The van der Waals surface area contributed by atoms with Crippen LogP contribution in [-0.4, -0.2) is 88.6 Å². The van der Waals surface area contributed by atoms with Crippen LogP contribution in [0.5, 0.6) is 34.5 Å². The third kappa shape index (κ3) is 6.65. The highest BCUT2D eigenvalue weighted by Crippen LogP contribution is 2.42. The van der Waals surface area contributed by atoms with Crippen LogP contribution in [0.4, 0.5) is 0 Å². The fourth-order valence-corrected chi connectivity index (χ4v) is 5.23. The second-order valence-corrected chi connectivity index (χ2v) is 10.0. The fourth-order valence-electron chi connectivity index (χ4n) is 5.23. The molecule has 43 heavy (non-hydrogen) atoms. The second-order valence-electron chi connectivity index (χ2n) is 10.0. The van der Waals surface area contributed by atoms with Crippen molar-refractivity contribution in [1.29, 1.82) is 0 Å². The number of nitrogens with zero attached hydrogens (tertiary/aromatic N) is 4. The first-order valence-electron chi connectivity index (χ1n) is 13.9. The third-order valence-corrected chi connectivity index (χ3v) is 7.38. The lowest BCUT2D eigenvalue weighted by Crippen LogP contribution is -2.30. The minimum absolute atomic E-state index is 0.500. The van der Waals surface area contributed by atoms with E-state index < -0.39 is 0 Å². The molecule has 0 aliphatic carbocycles. The molecule has 3 heterocycles. The summed E-state index contributed by atoms with van der Waals surface area (Å²) in [6.07, 6.45) is 4.44. The summed E-state index contributed by atoms with van der Waals surface area (Å²) in [4.78, 5) is 14.3. The zero-order valence-electron chi connectivity index (χ0n) is 25.5. The molecule has 2 aromatic carbocycles. The summed E-state index contributed by atoms with van der Waals surface area (Å²) in [6, 6.07) is 7.32. The lowest BCUT2D eigenvalue weighted by molar-refractivity contribution is 0.244. The van der Waals surface area contributed by atoms with Crippen LogP contribution in [0.2, 0.25) is 0 Å². The summed E-state index contributed by atoms with van der Waals surface area (Å²) in [5, 5.41) is 0. The molecular formula is C31H38N4O8. The first-order chi connectivity index (χ1) is 21.0. The van der Waals surface area contributed by atoms with Crippen LogP contribution in [0, 0.1) is 0 Å². The molecule has 0 spiro atoms. The lowest BCUT2D eigenvalue weighted by Gasteiger charge is -2.20. The van der Waals surface area contributed by atoms with Gasteiger partial charge in [0, 0.05) is 37.3 Å². The van der Waals surface area contributed by atoms with Crippen LogP contribution in [0.1, 0.15) is 17.8 Å². The summed E-state index contributed by atoms with van der Waals surface area (Å²) in [5.41, 5.74) is 3.23. The Morgan fingerprint density at radius 3 is 1.26 bits per heavy atom. The molecule has 0 N–H and O–H groups in total. The monoisotopic (exact) mass is 594 g/mol. The quantitative estimate of drug-likeness (QED) is 0.225. The van der Waals surface area contributed by atoms with Crippen LogP contribution in [0.3, 0.4) is 0 Å². The van der Waals surface area contributed by atoms with Crippen molar-refractivity contribution in [1.82, 2.24) is 19.8 Å². The molecule has 12 heteroatoms. The standard InChI is InChI=1S/C31H38N4O8/c1-36-24-12-20(13-25(37-2)28(24)40-5)30-32-22(18-42-30)16-34-8-7-9-35(11-10-34)17-23-19-43-31(33-23)21-14-26(38-3)29(41-6)27(15-21)39-4/h12-15,18-19H,7-11,16-17H2,1-6H3. The van der Waals surface area contributed by atoms with Gasteiger partial charge in [-0.25, -0.2) is 9.97 Å². The average molecular weight is 595 g/mol. The van der Waals surface area contributed by atoms with Gasteiger partial charge in [-0.1, -0.05) is 0 Å². The Labute approximate surface area is 251 Å². The zero-order chi connectivity index (χ0) is 30.3. The number of oxazole rings is 2. The minimum atomic E-state index is 0.500. The van der Waals surface area contributed by atoms with Gasteiger partial charge in [-0.3, -0.25) is 9.80 Å². The van der Waals surface area contributed by atoms with Crippen molar-refractivity contribution in [3.8, 4) is 57.4 Å². The van der Waals surface area contributed by atoms with E-state index in [2.05, 4.69) is 9.80 Å². The largest absolute Gasteiger partial charge is 0.493 e. The number of hydrogen-bond donors (Lipinski definition) is 0. The van der Waals surface area contributed by atoms with E-state index in [-0.39, 0.29) is 0 Å². The maximum absolute atomic E-state index is 5.84. The molecule has 0 atom stereocenters. The number of hydrogen-bond acceptors (Lipinski definition) is 12. The predicted molar refractivity (Wildman–Crippen MR) is 158 cm³/mol. The van der Waals surface area contributed by atoms with Crippen molar-refractivity contribution in [3.63, 3.8) is 0 Å². The van der Waals surface area contributed by atoms with Crippen LogP contribution in [0.25, 0.3) is 22.9 Å². The number of methoxy groups -OCH3 is 6. The molecular weight excluding hydrogens is 556 g/mol. The molecule has 1 saturated heterocycles. The number of benzene rings is 2. The Balaban J connectivity index is 1.20. The molecule has 12 nitrogen and oxygen atoms in total. The zero-order valence-corrected chi connectivity index (χ0v) is 25.5. The molecule has 4 aromatic rings. The summed E-state index contributed by atoms with van der Waals surface area (Å²) in [5.74, 6) is 4.24. The van der Waals surface area contributed by atoms with Crippen molar-refractivity contribution in [2.45, 2.75) is 19.5 Å². The summed E-state index contributed by atoms with van der Waals surface area (Å²) in [6.45, 7) is 5.08. The smallest absolute Gasteiger partial charge is 0.226 e. The molecule has 0 unspecified atom stereocenters. The summed E-state index contributed by atoms with van der Waals surface area (Å²) >= 11 is 0. The van der Waals surface area contributed by atoms with E-state index in [1.165, 1.54) is 0 Å². The van der Waals surface area contributed by atoms with E-state index in [4.69, 9.17) is 47.2 Å². The Hall–Kier alpha value is -4.42. The molecule has 0 bridgehead atoms. The van der Waals surface area contributed by atoms with Gasteiger partial charge < -0.3 is 37.3 Å². The maximum Gasteiger partial charge on any atom is 0.226 e. The van der Waals surface area contributed by atoms with Crippen molar-refractivity contribution in [3.05, 3.63) is 48.2 Å². The number of rotatable bonds is 12. The van der Waals surface area contributed by atoms with Crippen molar-refractivity contribution < 1.29 is 37.3 Å². The van der Waals surface area contributed by atoms with Crippen molar-refractivity contribution in [2.24, 2.45) is 0 Å². The highest BCUT2D eigenvalue weighted by Gasteiger charge is 2.21. The summed E-state index contributed by atoms with van der Waals surface area (Å²) in [7, 11) is 9.49. The molecule has 0 radical (unpaired) electrons. The molecule has 1 fully saturated rings. The molecule has 230 valence electrons. The lowest BCUT2D eigenvalue weighted by atomic mass is 10.2. The van der Waals surface area contributed by atoms with Crippen LogP contribution < -0.4 is 28.4 Å². The van der Waals surface area contributed by atoms with E-state index in [1.54, 1.807) is 55.2 Å². The normalized spacial score (nSPS) is 14.3. The first kappa shape index (κ1) is 30.1. The van der Waals surface area contributed by atoms with Crippen molar-refractivity contribution in [2.75, 3.05) is 68.8 Å². The van der Waals surface area contributed by atoms with Gasteiger partial charge in [0.2, 0.25) is 23.3 Å². The van der Waals surface area contributed by atoms with Crippen molar-refractivity contribution >= 4 is 0 Å². The first-order valence-corrected chi connectivity index (χ1v) is 13.9. The fraction of sp³-hybridized carbons (Fsp3) is 0.419. The molecule has 0 amide bonds. The molecule has 2 aromatic heterocycles. The van der Waals surface area contributed by atoms with Gasteiger partial charge in [0.15, 0.2) is 23.0 Å².